The number of carbonyl (C=O) groups excluding carboxylic acids is 2. The molecule has 0 radical (unpaired) electrons. The van der Waals surface area contributed by atoms with Gasteiger partial charge in [0.2, 0.25) is 0 Å². The number of rotatable bonds is 10. The van der Waals surface area contributed by atoms with Crippen LogP contribution in [-0.4, -0.2) is 42.2 Å². The molecule has 6 heteroatoms. The van der Waals surface area contributed by atoms with Crippen molar-refractivity contribution in [3.05, 3.63) is 144 Å². The molecule has 5 rings (SSSR count). The van der Waals surface area contributed by atoms with E-state index in [0.717, 1.165) is 22.3 Å². The molecule has 206 valence electrons. The highest BCUT2D eigenvalue weighted by atomic mass is 16.6. The molecule has 6 nitrogen and oxygen atoms in total. The van der Waals surface area contributed by atoms with Gasteiger partial charge in [-0.3, -0.25) is 0 Å². The van der Waals surface area contributed by atoms with Crippen LogP contribution in [-0.2, 0) is 26.4 Å². The Labute approximate surface area is 240 Å². The molecule has 2 amide bonds. The van der Waals surface area contributed by atoms with Crippen LogP contribution in [0.1, 0.15) is 29.2 Å². The van der Waals surface area contributed by atoms with E-state index in [1.165, 1.54) is 0 Å². The second-order valence-corrected chi connectivity index (χ2v) is 9.83. The van der Waals surface area contributed by atoms with E-state index in [0.29, 0.717) is 13.1 Å². The molecule has 1 saturated heterocycles. The van der Waals surface area contributed by atoms with Gasteiger partial charge in [-0.05, 0) is 29.2 Å². The molecule has 0 saturated carbocycles. The predicted octanol–water partition coefficient (Wildman–Crippen LogP) is 5.52. The maximum Gasteiger partial charge on any atom is 0.384 e. The third-order valence-corrected chi connectivity index (χ3v) is 7.17. The summed E-state index contributed by atoms with van der Waals surface area (Å²) in [5.74, 6) is 4.40. The number of amides is 2. The molecule has 1 heterocycles. The molecule has 0 aromatic heterocycles. The summed E-state index contributed by atoms with van der Waals surface area (Å²) in [5, 5.41) is 3.01. The third-order valence-electron chi connectivity index (χ3n) is 7.17. The minimum Gasteiger partial charge on any atom is -0.448 e. The van der Waals surface area contributed by atoms with Crippen molar-refractivity contribution in [2.24, 2.45) is 0 Å². The third kappa shape index (κ3) is 6.32. The predicted molar refractivity (Wildman–Crippen MR) is 158 cm³/mol. The zero-order valence-electron chi connectivity index (χ0n) is 22.9. The summed E-state index contributed by atoms with van der Waals surface area (Å²) in [6.07, 6.45) is -0.788. The van der Waals surface area contributed by atoms with Crippen LogP contribution >= 0.6 is 0 Å². The van der Waals surface area contributed by atoms with Gasteiger partial charge in [0.15, 0.2) is 0 Å². The first kappa shape index (κ1) is 27.7. The fourth-order valence-corrected chi connectivity index (χ4v) is 5.24. The van der Waals surface area contributed by atoms with Crippen molar-refractivity contribution in [2.75, 3.05) is 13.2 Å². The number of esters is 1. The average Bonchev–Trinajstić information content (AvgIpc) is 3.38. The summed E-state index contributed by atoms with van der Waals surface area (Å²) in [6.45, 7) is 2.39. The highest BCUT2D eigenvalue weighted by Crippen LogP contribution is 2.40. The second kappa shape index (κ2) is 13.0. The highest BCUT2D eigenvalue weighted by Gasteiger charge is 2.42. The zero-order chi connectivity index (χ0) is 28.5. The van der Waals surface area contributed by atoms with Gasteiger partial charge in [-0.15, -0.1) is 0 Å². The topological polar surface area (TPSA) is 67.9 Å². The van der Waals surface area contributed by atoms with E-state index in [1.807, 2.05) is 121 Å². The number of ether oxygens (including phenoxy) is 2. The normalized spacial score (nSPS) is 15.4. The largest absolute Gasteiger partial charge is 0.448 e. The Morgan fingerprint density at radius 2 is 1.34 bits per heavy atom. The van der Waals surface area contributed by atoms with Gasteiger partial charge in [-0.2, -0.15) is 0 Å². The first-order valence-corrected chi connectivity index (χ1v) is 13.6. The number of urea groups is 1. The molecule has 1 fully saturated rings. The lowest BCUT2D eigenvalue weighted by Crippen LogP contribution is -2.46. The smallest absolute Gasteiger partial charge is 0.384 e. The molecule has 0 aliphatic carbocycles. The summed E-state index contributed by atoms with van der Waals surface area (Å²) < 4.78 is 12.8. The zero-order valence-corrected chi connectivity index (χ0v) is 22.9. The Hall–Kier alpha value is -4.86. The molecule has 1 N–H and O–H groups in total. The molecule has 4 aromatic rings. The SMILES string of the molecule is CC#CC(=O)O[C@H](COC(c1ccccc1)(c1ccccc1)c1ccccc1)[C@H]1CN(Cc2ccccc2)C(=O)N1. The van der Waals surface area contributed by atoms with Crippen molar-refractivity contribution >= 4 is 12.0 Å². The lowest BCUT2D eigenvalue weighted by atomic mass is 9.80. The minimum absolute atomic E-state index is 0.0138. The number of hydrogen-bond donors (Lipinski definition) is 1. The maximum atomic E-state index is 13.0. The first-order chi connectivity index (χ1) is 20.1. The van der Waals surface area contributed by atoms with Gasteiger partial charge in [-0.1, -0.05) is 127 Å². The average molecular weight is 545 g/mol. The number of nitrogens with one attached hydrogen (secondary N) is 1. The van der Waals surface area contributed by atoms with Gasteiger partial charge >= 0.3 is 12.0 Å². The summed E-state index contributed by atoms with van der Waals surface area (Å²) in [4.78, 5) is 27.3. The molecular formula is C35H32N2O4. The van der Waals surface area contributed by atoms with E-state index in [-0.39, 0.29) is 12.6 Å². The Bertz CT molecular complexity index is 1400. The molecule has 2 atom stereocenters. The lowest BCUT2D eigenvalue weighted by Gasteiger charge is -2.37. The fraction of sp³-hybridized carbons (Fsp3) is 0.200. The van der Waals surface area contributed by atoms with Crippen molar-refractivity contribution < 1.29 is 19.1 Å². The number of hydrogen-bond acceptors (Lipinski definition) is 4. The Morgan fingerprint density at radius 3 is 1.83 bits per heavy atom. The first-order valence-electron chi connectivity index (χ1n) is 13.6. The van der Waals surface area contributed by atoms with Crippen LogP contribution in [0.5, 0.6) is 0 Å². The van der Waals surface area contributed by atoms with Gasteiger partial charge < -0.3 is 19.7 Å². The Kier molecular flexibility index (Phi) is 8.78. The van der Waals surface area contributed by atoms with Crippen molar-refractivity contribution in [2.45, 2.75) is 31.2 Å². The quantitative estimate of drug-likeness (QED) is 0.124. The molecule has 41 heavy (non-hydrogen) atoms. The van der Waals surface area contributed by atoms with Crippen LogP contribution in [0, 0.1) is 11.8 Å². The Balaban J connectivity index is 1.49. The van der Waals surface area contributed by atoms with Crippen molar-refractivity contribution in [1.29, 1.82) is 0 Å². The molecule has 1 aliphatic rings. The monoisotopic (exact) mass is 544 g/mol. The van der Waals surface area contributed by atoms with E-state index in [4.69, 9.17) is 9.47 Å². The minimum atomic E-state index is -1.00. The van der Waals surface area contributed by atoms with E-state index < -0.39 is 23.7 Å². The van der Waals surface area contributed by atoms with Gasteiger partial charge in [-0.25, -0.2) is 9.59 Å². The van der Waals surface area contributed by atoms with Crippen molar-refractivity contribution in [3.63, 3.8) is 0 Å². The molecule has 0 bridgehead atoms. The summed E-state index contributed by atoms with van der Waals surface area (Å²) >= 11 is 0. The van der Waals surface area contributed by atoms with Crippen molar-refractivity contribution in [3.8, 4) is 11.8 Å². The van der Waals surface area contributed by atoms with Crippen LogP contribution < -0.4 is 5.32 Å². The van der Waals surface area contributed by atoms with E-state index in [1.54, 1.807) is 11.8 Å². The van der Waals surface area contributed by atoms with Crippen LogP contribution in [0.15, 0.2) is 121 Å². The summed E-state index contributed by atoms with van der Waals surface area (Å²) in [5.41, 5.74) is 2.80. The number of nitrogens with zero attached hydrogens (tertiary/aromatic N) is 1. The van der Waals surface area contributed by atoms with Gasteiger partial charge in [0.25, 0.3) is 0 Å². The summed E-state index contributed by atoms with van der Waals surface area (Å²) in [6, 6.07) is 39.0. The van der Waals surface area contributed by atoms with E-state index in [9.17, 15) is 9.59 Å². The molecule has 0 spiro atoms. The standard InChI is InChI=1S/C35H32N2O4/c1-2-15-33(38)41-32(31-25-37(34(39)36-31)24-27-16-7-3-8-17-27)26-40-35(28-18-9-4-10-19-28,29-20-11-5-12-21-29)30-22-13-6-14-23-30/h3-14,16-23,31-32H,24-26H2,1H3,(H,36,39)/t31-,32-/m1/s1. The lowest BCUT2D eigenvalue weighted by molar-refractivity contribution is -0.149. The van der Waals surface area contributed by atoms with Crippen LogP contribution in [0.2, 0.25) is 0 Å². The molecular weight excluding hydrogens is 512 g/mol. The van der Waals surface area contributed by atoms with Crippen LogP contribution in [0.4, 0.5) is 4.79 Å². The molecule has 1 aliphatic heterocycles. The fourth-order valence-electron chi connectivity index (χ4n) is 5.24. The molecule has 0 unspecified atom stereocenters. The highest BCUT2D eigenvalue weighted by molar-refractivity contribution is 5.88. The summed E-state index contributed by atoms with van der Waals surface area (Å²) in [7, 11) is 0. The van der Waals surface area contributed by atoms with Crippen LogP contribution in [0.25, 0.3) is 0 Å². The molecule has 4 aromatic carbocycles. The van der Waals surface area contributed by atoms with Crippen LogP contribution in [0.3, 0.4) is 0 Å². The second-order valence-electron chi connectivity index (χ2n) is 9.83. The van der Waals surface area contributed by atoms with Gasteiger partial charge in [0, 0.05) is 19.0 Å². The van der Waals surface area contributed by atoms with Crippen molar-refractivity contribution in [1.82, 2.24) is 10.2 Å². The number of benzene rings is 4. The van der Waals surface area contributed by atoms with E-state index in [2.05, 4.69) is 17.2 Å². The van der Waals surface area contributed by atoms with Gasteiger partial charge in [0.1, 0.15) is 11.7 Å². The van der Waals surface area contributed by atoms with E-state index >= 15 is 0 Å². The Morgan fingerprint density at radius 1 is 0.854 bits per heavy atom. The maximum absolute atomic E-state index is 13.0. The number of carbonyl (C=O) groups is 2. The van der Waals surface area contributed by atoms with Gasteiger partial charge in [0.05, 0.1) is 12.6 Å².